The van der Waals surface area contributed by atoms with Crippen LogP contribution < -0.4 is 5.73 Å². The van der Waals surface area contributed by atoms with Gasteiger partial charge in [-0.25, -0.2) is 4.79 Å². The Morgan fingerprint density at radius 3 is 2.30 bits per heavy atom. The lowest BCUT2D eigenvalue weighted by Gasteiger charge is -2.23. The van der Waals surface area contributed by atoms with E-state index < -0.39 is 17.6 Å². The Morgan fingerprint density at radius 1 is 1.80 bits per heavy atom. The lowest BCUT2D eigenvalue weighted by Crippen LogP contribution is -2.53. The Hall–Kier alpha value is -0.610. The number of carboxylic acid groups (broad SMARTS) is 1. The summed E-state index contributed by atoms with van der Waals surface area (Å²) in [5.41, 5.74) is 2.99. The number of carbonyl (C=O) groups is 1. The van der Waals surface area contributed by atoms with Gasteiger partial charge in [0.1, 0.15) is 0 Å². The fourth-order valence-electron chi connectivity index (χ4n) is 0.522. The SMILES string of the molecule is CCC(C)[C@](N)(O)C(=O)O. The van der Waals surface area contributed by atoms with Crippen molar-refractivity contribution in [3.8, 4) is 0 Å². The van der Waals surface area contributed by atoms with Crippen LogP contribution in [0.5, 0.6) is 0 Å². The summed E-state index contributed by atoms with van der Waals surface area (Å²) in [4.78, 5) is 10.2. The van der Waals surface area contributed by atoms with Gasteiger partial charge in [-0.1, -0.05) is 13.8 Å². The molecule has 0 aliphatic rings. The molecule has 0 bridgehead atoms. The van der Waals surface area contributed by atoms with Gasteiger partial charge in [0.05, 0.1) is 0 Å². The van der Waals surface area contributed by atoms with Crippen molar-refractivity contribution >= 4 is 5.97 Å². The van der Waals surface area contributed by atoms with Gasteiger partial charge in [0.2, 0.25) is 5.72 Å². The van der Waals surface area contributed by atoms with Gasteiger partial charge in [0, 0.05) is 5.92 Å². The standard InChI is InChI=1S/C6H13NO3/c1-3-4(2)6(7,10)5(8)9/h4,10H,3,7H2,1-2H3,(H,8,9)/t4?,6-/m0/s1. The molecule has 0 heterocycles. The highest BCUT2D eigenvalue weighted by Crippen LogP contribution is 2.14. The van der Waals surface area contributed by atoms with Crippen LogP contribution in [0.1, 0.15) is 20.3 Å². The van der Waals surface area contributed by atoms with Crippen LogP contribution in [0.25, 0.3) is 0 Å². The highest BCUT2D eigenvalue weighted by Gasteiger charge is 2.36. The average Bonchev–Trinajstić information content (AvgIpc) is 1.86. The molecule has 0 spiro atoms. The van der Waals surface area contributed by atoms with E-state index in [2.05, 4.69) is 0 Å². The van der Waals surface area contributed by atoms with Crippen LogP contribution >= 0.6 is 0 Å². The predicted octanol–water partition coefficient (Wildman–Crippen LogP) is -0.236. The first-order valence-corrected chi connectivity index (χ1v) is 3.17. The first kappa shape index (κ1) is 9.39. The predicted molar refractivity (Wildman–Crippen MR) is 36.2 cm³/mol. The van der Waals surface area contributed by atoms with Crippen LogP contribution in [-0.2, 0) is 4.79 Å². The number of hydrogen-bond donors (Lipinski definition) is 3. The molecule has 0 aromatic carbocycles. The smallest absolute Gasteiger partial charge is 0.351 e. The maximum Gasteiger partial charge on any atom is 0.351 e. The summed E-state index contributed by atoms with van der Waals surface area (Å²) in [6, 6.07) is 0. The minimum absolute atomic E-state index is 0.426. The Labute approximate surface area is 59.7 Å². The van der Waals surface area contributed by atoms with Crippen molar-refractivity contribution in [2.45, 2.75) is 26.0 Å². The van der Waals surface area contributed by atoms with E-state index >= 15 is 0 Å². The van der Waals surface area contributed by atoms with Gasteiger partial charge in [0.25, 0.3) is 0 Å². The van der Waals surface area contributed by atoms with Gasteiger partial charge in [-0.15, -0.1) is 0 Å². The summed E-state index contributed by atoms with van der Waals surface area (Å²) < 4.78 is 0. The number of aliphatic hydroxyl groups is 1. The van der Waals surface area contributed by atoms with Gasteiger partial charge < -0.3 is 10.2 Å². The zero-order valence-electron chi connectivity index (χ0n) is 6.16. The summed E-state index contributed by atoms with van der Waals surface area (Å²) >= 11 is 0. The third-order valence-corrected chi connectivity index (χ3v) is 1.71. The Bertz CT molecular complexity index is 133. The van der Waals surface area contributed by atoms with E-state index in [1.807, 2.05) is 0 Å². The van der Waals surface area contributed by atoms with Crippen molar-refractivity contribution in [1.29, 1.82) is 0 Å². The molecule has 60 valence electrons. The number of aliphatic carboxylic acids is 1. The molecule has 0 aromatic rings. The van der Waals surface area contributed by atoms with Crippen molar-refractivity contribution in [1.82, 2.24) is 0 Å². The molecule has 0 aliphatic heterocycles. The zero-order valence-corrected chi connectivity index (χ0v) is 6.16. The quantitative estimate of drug-likeness (QED) is 0.481. The Kier molecular flexibility index (Phi) is 2.80. The second-order valence-corrected chi connectivity index (χ2v) is 2.44. The van der Waals surface area contributed by atoms with Crippen molar-refractivity contribution in [3.63, 3.8) is 0 Å². The lowest BCUT2D eigenvalue weighted by molar-refractivity contribution is -0.163. The van der Waals surface area contributed by atoms with Crippen LogP contribution in [0.2, 0.25) is 0 Å². The van der Waals surface area contributed by atoms with E-state index in [1.54, 1.807) is 13.8 Å². The molecular formula is C6H13NO3. The summed E-state index contributed by atoms with van der Waals surface area (Å²) in [5, 5.41) is 17.4. The van der Waals surface area contributed by atoms with Gasteiger partial charge in [0.15, 0.2) is 0 Å². The van der Waals surface area contributed by atoms with E-state index in [1.165, 1.54) is 0 Å². The summed E-state index contributed by atoms with van der Waals surface area (Å²) in [7, 11) is 0. The Balaban J connectivity index is 4.23. The normalized spacial score (nSPS) is 19.6. The zero-order chi connectivity index (χ0) is 8.36. The van der Waals surface area contributed by atoms with E-state index in [0.717, 1.165) is 0 Å². The number of hydrogen-bond acceptors (Lipinski definition) is 3. The number of nitrogens with two attached hydrogens (primary N) is 1. The van der Waals surface area contributed by atoms with Crippen molar-refractivity contribution < 1.29 is 15.0 Å². The third-order valence-electron chi connectivity index (χ3n) is 1.71. The van der Waals surface area contributed by atoms with Gasteiger partial charge in [-0.3, -0.25) is 5.73 Å². The first-order valence-electron chi connectivity index (χ1n) is 3.17. The van der Waals surface area contributed by atoms with E-state index in [4.69, 9.17) is 15.9 Å². The molecule has 0 rings (SSSR count). The van der Waals surface area contributed by atoms with Crippen LogP contribution in [-0.4, -0.2) is 21.9 Å². The summed E-state index contributed by atoms with van der Waals surface area (Å²) in [6.45, 7) is 3.36. The van der Waals surface area contributed by atoms with Gasteiger partial charge in [-0.05, 0) is 6.42 Å². The second-order valence-electron chi connectivity index (χ2n) is 2.44. The lowest BCUT2D eigenvalue weighted by atomic mass is 9.96. The van der Waals surface area contributed by atoms with Crippen molar-refractivity contribution in [2.75, 3.05) is 0 Å². The maximum absolute atomic E-state index is 10.2. The molecule has 4 nitrogen and oxygen atoms in total. The van der Waals surface area contributed by atoms with Crippen molar-refractivity contribution in [2.24, 2.45) is 11.7 Å². The molecule has 0 saturated heterocycles. The molecule has 0 saturated carbocycles. The van der Waals surface area contributed by atoms with E-state index in [9.17, 15) is 4.79 Å². The third kappa shape index (κ3) is 1.68. The van der Waals surface area contributed by atoms with Gasteiger partial charge in [-0.2, -0.15) is 0 Å². The molecule has 4 N–H and O–H groups in total. The molecule has 1 unspecified atom stereocenters. The fourth-order valence-corrected chi connectivity index (χ4v) is 0.522. The molecule has 0 fully saturated rings. The van der Waals surface area contributed by atoms with Crippen LogP contribution in [0.15, 0.2) is 0 Å². The number of carboxylic acids is 1. The monoisotopic (exact) mass is 147 g/mol. The molecule has 2 atom stereocenters. The van der Waals surface area contributed by atoms with Crippen LogP contribution in [0, 0.1) is 5.92 Å². The van der Waals surface area contributed by atoms with Crippen molar-refractivity contribution in [3.05, 3.63) is 0 Å². The first-order chi connectivity index (χ1) is 4.42. The van der Waals surface area contributed by atoms with Gasteiger partial charge >= 0.3 is 5.97 Å². The summed E-state index contributed by atoms with van der Waals surface area (Å²) in [6.07, 6.45) is 0.541. The Morgan fingerprint density at radius 2 is 2.20 bits per heavy atom. The molecule has 0 radical (unpaired) electrons. The second kappa shape index (κ2) is 2.98. The van der Waals surface area contributed by atoms with E-state index in [0.29, 0.717) is 6.42 Å². The maximum atomic E-state index is 10.2. The molecular weight excluding hydrogens is 134 g/mol. The highest BCUT2D eigenvalue weighted by molar-refractivity contribution is 5.76. The largest absolute Gasteiger partial charge is 0.478 e. The molecule has 0 aliphatic carbocycles. The van der Waals surface area contributed by atoms with Crippen LogP contribution in [0.3, 0.4) is 0 Å². The van der Waals surface area contributed by atoms with E-state index in [-0.39, 0.29) is 0 Å². The topological polar surface area (TPSA) is 83.5 Å². The molecule has 4 heteroatoms. The minimum atomic E-state index is -2.07. The average molecular weight is 147 g/mol. The highest BCUT2D eigenvalue weighted by atomic mass is 16.4. The molecule has 0 aromatic heterocycles. The fraction of sp³-hybridized carbons (Fsp3) is 0.833. The van der Waals surface area contributed by atoms with Crippen LogP contribution in [0.4, 0.5) is 0 Å². The number of rotatable bonds is 3. The molecule has 0 amide bonds. The summed E-state index contributed by atoms with van der Waals surface area (Å²) in [5.74, 6) is -1.80. The molecule has 10 heavy (non-hydrogen) atoms. The minimum Gasteiger partial charge on any atom is -0.478 e.